The van der Waals surface area contributed by atoms with Gasteiger partial charge in [0.2, 0.25) is 0 Å². The van der Waals surface area contributed by atoms with E-state index in [-0.39, 0.29) is 0 Å². The lowest BCUT2D eigenvalue weighted by Gasteiger charge is -2.24. The highest BCUT2D eigenvalue weighted by molar-refractivity contribution is 5.44. The first-order valence-corrected chi connectivity index (χ1v) is 7.43. The SMILES string of the molecule is CC(C)c1cc(C(C)C)c(C(C)C)cc1C(C)C. The summed E-state index contributed by atoms with van der Waals surface area (Å²) in [4.78, 5) is 0. The summed E-state index contributed by atoms with van der Waals surface area (Å²) < 4.78 is 0. The minimum absolute atomic E-state index is 0.612. The lowest BCUT2D eigenvalue weighted by Crippen LogP contribution is -2.06. The van der Waals surface area contributed by atoms with Crippen molar-refractivity contribution in [3.8, 4) is 0 Å². The van der Waals surface area contributed by atoms with Crippen molar-refractivity contribution in [2.24, 2.45) is 0 Å². The van der Waals surface area contributed by atoms with Gasteiger partial charge in [0.25, 0.3) is 0 Å². The second-order valence-electron chi connectivity index (χ2n) is 6.73. The monoisotopic (exact) mass is 246 g/mol. The lowest BCUT2D eigenvalue weighted by atomic mass is 9.81. The van der Waals surface area contributed by atoms with Gasteiger partial charge >= 0.3 is 0 Å². The van der Waals surface area contributed by atoms with E-state index >= 15 is 0 Å². The summed E-state index contributed by atoms with van der Waals surface area (Å²) in [6.45, 7) is 18.4. The molecule has 1 rings (SSSR count). The summed E-state index contributed by atoms with van der Waals surface area (Å²) in [6, 6.07) is 4.94. The summed E-state index contributed by atoms with van der Waals surface area (Å²) in [5.74, 6) is 2.45. The van der Waals surface area contributed by atoms with Gasteiger partial charge in [-0.25, -0.2) is 0 Å². The van der Waals surface area contributed by atoms with Crippen LogP contribution in [0.25, 0.3) is 0 Å². The van der Waals surface area contributed by atoms with Gasteiger partial charge in [0, 0.05) is 0 Å². The standard InChI is InChI=1S/C18H30/c1-11(2)15-9-17(13(5)6)18(14(7)8)10-16(15)12(3)4/h9-14H,1-8H3. The predicted molar refractivity (Wildman–Crippen MR) is 82.8 cm³/mol. The topological polar surface area (TPSA) is 0 Å². The summed E-state index contributed by atoms with van der Waals surface area (Å²) in [7, 11) is 0. The maximum Gasteiger partial charge on any atom is -0.0216 e. The average molecular weight is 246 g/mol. The third kappa shape index (κ3) is 3.16. The molecule has 0 aliphatic rings. The van der Waals surface area contributed by atoms with Crippen LogP contribution < -0.4 is 0 Å². The van der Waals surface area contributed by atoms with Gasteiger partial charge in [-0.2, -0.15) is 0 Å². The van der Waals surface area contributed by atoms with E-state index in [1.807, 2.05) is 0 Å². The molecule has 0 spiro atoms. The largest absolute Gasteiger partial charge is 0.0587 e. The summed E-state index contributed by atoms with van der Waals surface area (Å²) in [6.07, 6.45) is 0. The quantitative estimate of drug-likeness (QED) is 0.595. The maximum atomic E-state index is 2.47. The van der Waals surface area contributed by atoms with E-state index in [1.54, 1.807) is 0 Å². The van der Waals surface area contributed by atoms with Crippen LogP contribution in [-0.4, -0.2) is 0 Å². The first-order valence-electron chi connectivity index (χ1n) is 7.43. The van der Waals surface area contributed by atoms with Crippen molar-refractivity contribution in [1.29, 1.82) is 0 Å². The van der Waals surface area contributed by atoms with Crippen LogP contribution in [0, 0.1) is 0 Å². The van der Waals surface area contributed by atoms with Gasteiger partial charge in [0.05, 0.1) is 0 Å². The van der Waals surface area contributed by atoms with Crippen molar-refractivity contribution in [3.63, 3.8) is 0 Å². The van der Waals surface area contributed by atoms with E-state index in [0.29, 0.717) is 23.7 Å². The Bertz CT molecular complexity index is 320. The zero-order valence-electron chi connectivity index (χ0n) is 13.5. The van der Waals surface area contributed by atoms with Crippen LogP contribution in [0.15, 0.2) is 12.1 Å². The molecule has 0 bridgehead atoms. The molecular weight excluding hydrogens is 216 g/mol. The molecule has 0 aliphatic carbocycles. The van der Waals surface area contributed by atoms with Gasteiger partial charge in [-0.15, -0.1) is 0 Å². The molecule has 0 unspecified atom stereocenters. The summed E-state index contributed by atoms with van der Waals surface area (Å²) in [5, 5.41) is 0. The van der Waals surface area contributed by atoms with Crippen molar-refractivity contribution in [2.45, 2.75) is 79.1 Å². The Labute approximate surface area is 114 Å². The Balaban J connectivity index is 3.50. The minimum Gasteiger partial charge on any atom is -0.0587 e. The van der Waals surface area contributed by atoms with Gasteiger partial charge in [-0.3, -0.25) is 0 Å². The first kappa shape index (κ1) is 15.3. The molecule has 102 valence electrons. The van der Waals surface area contributed by atoms with Crippen LogP contribution in [-0.2, 0) is 0 Å². The van der Waals surface area contributed by atoms with Crippen LogP contribution in [0.1, 0.15) is 101 Å². The lowest BCUT2D eigenvalue weighted by molar-refractivity contribution is 0.747. The van der Waals surface area contributed by atoms with Crippen molar-refractivity contribution < 1.29 is 0 Å². The molecule has 0 heterocycles. The molecule has 1 aromatic rings. The van der Waals surface area contributed by atoms with Crippen molar-refractivity contribution >= 4 is 0 Å². The van der Waals surface area contributed by atoms with Crippen molar-refractivity contribution in [3.05, 3.63) is 34.4 Å². The average Bonchev–Trinajstić information content (AvgIpc) is 2.26. The third-order valence-corrected chi connectivity index (χ3v) is 3.78. The van der Waals surface area contributed by atoms with Crippen LogP contribution in [0.2, 0.25) is 0 Å². The van der Waals surface area contributed by atoms with Crippen LogP contribution in [0.3, 0.4) is 0 Å². The second kappa shape index (κ2) is 5.91. The van der Waals surface area contributed by atoms with Crippen LogP contribution in [0.5, 0.6) is 0 Å². The Morgan fingerprint density at radius 1 is 0.444 bits per heavy atom. The molecule has 0 saturated heterocycles. The zero-order chi connectivity index (χ0) is 14.0. The van der Waals surface area contributed by atoms with Gasteiger partial charge < -0.3 is 0 Å². The Kier molecular flexibility index (Phi) is 5.01. The number of benzene rings is 1. The molecule has 0 amide bonds. The Morgan fingerprint density at radius 3 is 0.722 bits per heavy atom. The van der Waals surface area contributed by atoms with Crippen molar-refractivity contribution in [2.75, 3.05) is 0 Å². The maximum absolute atomic E-state index is 2.47. The Hall–Kier alpha value is -0.780. The predicted octanol–water partition coefficient (Wildman–Crippen LogP) is 6.18. The molecule has 0 radical (unpaired) electrons. The summed E-state index contributed by atoms with van der Waals surface area (Å²) >= 11 is 0. The van der Waals surface area contributed by atoms with Crippen molar-refractivity contribution in [1.82, 2.24) is 0 Å². The molecule has 0 heteroatoms. The molecule has 0 nitrogen and oxygen atoms in total. The molecule has 0 aliphatic heterocycles. The normalized spacial score (nSPS) is 12.2. The number of hydrogen-bond donors (Lipinski definition) is 0. The highest BCUT2D eigenvalue weighted by atomic mass is 14.2. The first-order chi connectivity index (χ1) is 8.25. The van der Waals surface area contributed by atoms with E-state index in [4.69, 9.17) is 0 Å². The number of hydrogen-bond acceptors (Lipinski definition) is 0. The van der Waals surface area contributed by atoms with E-state index in [9.17, 15) is 0 Å². The highest BCUT2D eigenvalue weighted by Gasteiger charge is 2.17. The fourth-order valence-electron chi connectivity index (χ4n) is 2.67. The number of rotatable bonds is 4. The minimum atomic E-state index is 0.612. The van der Waals surface area contributed by atoms with Crippen LogP contribution >= 0.6 is 0 Å². The second-order valence-corrected chi connectivity index (χ2v) is 6.73. The van der Waals surface area contributed by atoms with Gasteiger partial charge in [0.15, 0.2) is 0 Å². The molecular formula is C18H30. The van der Waals surface area contributed by atoms with E-state index in [1.165, 1.54) is 22.3 Å². The van der Waals surface area contributed by atoms with Crippen LogP contribution in [0.4, 0.5) is 0 Å². The van der Waals surface area contributed by atoms with Gasteiger partial charge in [-0.05, 0) is 45.9 Å². The smallest absolute Gasteiger partial charge is 0.0216 e. The molecule has 0 saturated carbocycles. The highest BCUT2D eigenvalue weighted by Crippen LogP contribution is 2.35. The summed E-state index contributed by atoms with van der Waals surface area (Å²) in [5.41, 5.74) is 6.16. The van der Waals surface area contributed by atoms with E-state index in [2.05, 4.69) is 67.5 Å². The molecule has 1 aromatic carbocycles. The molecule has 0 atom stereocenters. The molecule has 18 heavy (non-hydrogen) atoms. The van der Waals surface area contributed by atoms with E-state index < -0.39 is 0 Å². The van der Waals surface area contributed by atoms with Gasteiger partial charge in [0.1, 0.15) is 0 Å². The fraction of sp³-hybridized carbons (Fsp3) is 0.667. The molecule has 0 fully saturated rings. The third-order valence-electron chi connectivity index (χ3n) is 3.78. The zero-order valence-corrected chi connectivity index (χ0v) is 13.5. The van der Waals surface area contributed by atoms with Gasteiger partial charge in [-0.1, -0.05) is 67.5 Å². The Morgan fingerprint density at radius 2 is 0.611 bits per heavy atom. The fourth-order valence-corrected chi connectivity index (χ4v) is 2.67. The molecule has 0 aromatic heterocycles. The molecule has 0 N–H and O–H groups in total. The van der Waals surface area contributed by atoms with E-state index in [0.717, 1.165) is 0 Å².